The number of rotatable bonds is 5. The summed E-state index contributed by atoms with van der Waals surface area (Å²) in [6, 6.07) is 1.72. The van der Waals surface area contributed by atoms with Gasteiger partial charge < -0.3 is 4.90 Å². The molecule has 0 radical (unpaired) electrons. The van der Waals surface area contributed by atoms with E-state index in [1.807, 2.05) is 13.8 Å². The maximum atomic E-state index is 13.2. The van der Waals surface area contributed by atoms with Crippen LogP contribution in [0.15, 0.2) is 12.1 Å². The van der Waals surface area contributed by atoms with Crippen molar-refractivity contribution in [1.29, 1.82) is 0 Å². The van der Waals surface area contributed by atoms with Gasteiger partial charge in [0.25, 0.3) is 18.8 Å². The molecule has 0 saturated heterocycles. The van der Waals surface area contributed by atoms with Crippen molar-refractivity contribution < 1.29 is 22.4 Å². The number of carbonyl (C=O) groups is 1. The highest BCUT2D eigenvalue weighted by Gasteiger charge is 2.24. The molecule has 0 aliphatic rings. The van der Waals surface area contributed by atoms with E-state index < -0.39 is 30.1 Å². The standard InChI is InChI=1S/C17H18F4N6O/c1-8-10(9(2)26(4)23-8)7-25(3)17(28)12-6-14-22-11(15(18)19)5-13(16(20)21)27(14)24-12/h5-6,15-16H,7H2,1-4H3. The summed E-state index contributed by atoms with van der Waals surface area (Å²) in [6.45, 7) is 3.91. The maximum Gasteiger partial charge on any atom is 0.280 e. The summed E-state index contributed by atoms with van der Waals surface area (Å²) in [5, 5.41) is 8.15. The molecule has 0 fully saturated rings. The lowest BCUT2D eigenvalue weighted by Crippen LogP contribution is -2.27. The van der Waals surface area contributed by atoms with Gasteiger partial charge in [0.2, 0.25) is 0 Å². The Morgan fingerprint density at radius 2 is 1.82 bits per heavy atom. The molecule has 0 bridgehead atoms. The normalized spacial score (nSPS) is 11.8. The number of amides is 1. The highest BCUT2D eigenvalue weighted by molar-refractivity contribution is 5.93. The first-order valence-electron chi connectivity index (χ1n) is 8.31. The lowest BCUT2D eigenvalue weighted by atomic mass is 10.2. The Morgan fingerprint density at radius 1 is 1.14 bits per heavy atom. The summed E-state index contributed by atoms with van der Waals surface area (Å²) in [5.41, 5.74) is 0.556. The number of hydrogen-bond donors (Lipinski definition) is 0. The number of aryl methyl sites for hydroxylation is 2. The first kappa shape index (κ1) is 19.8. The third-order valence-corrected chi connectivity index (χ3v) is 4.54. The number of hydrogen-bond acceptors (Lipinski definition) is 4. The SMILES string of the molecule is Cc1nn(C)c(C)c1CN(C)C(=O)c1cc2nc(C(F)F)cc(C(F)F)n2n1. The lowest BCUT2D eigenvalue weighted by Gasteiger charge is -2.16. The Hall–Kier alpha value is -2.98. The van der Waals surface area contributed by atoms with E-state index in [2.05, 4.69) is 15.2 Å². The Balaban J connectivity index is 1.96. The summed E-state index contributed by atoms with van der Waals surface area (Å²) in [4.78, 5) is 17.7. The minimum absolute atomic E-state index is 0.164. The average Bonchev–Trinajstić information content (AvgIpc) is 3.16. The summed E-state index contributed by atoms with van der Waals surface area (Å²) in [7, 11) is 3.32. The summed E-state index contributed by atoms with van der Waals surface area (Å²) >= 11 is 0. The van der Waals surface area contributed by atoms with E-state index in [0.717, 1.165) is 27.5 Å². The van der Waals surface area contributed by atoms with Crippen molar-refractivity contribution in [3.63, 3.8) is 0 Å². The van der Waals surface area contributed by atoms with Crippen molar-refractivity contribution >= 4 is 11.6 Å². The molecule has 3 rings (SSSR count). The van der Waals surface area contributed by atoms with Gasteiger partial charge in [-0.2, -0.15) is 10.2 Å². The molecule has 11 heteroatoms. The third-order valence-electron chi connectivity index (χ3n) is 4.54. The van der Waals surface area contributed by atoms with Crippen molar-refractivity contribution in [2.45, 2.75) is 33.2 Å². The van der Waals surface area contributed by atoms with Crippen molar-refractivity contribution in [3.05, 3.63) is 46.2 Å². The molecular weight excluding hydrogens is 380 g/mol. The monoisotopic (exact) mass is 398 g/mol. The summed E-state index contributed by atoms with van der Waals surface area (Å²) < 4.78 is 54.8. The fourth-order valence-corrected chi connectivity index (χ4v) is 2.94. The summed E-state index contributed by atoms with van der Waals surface area (Å²) in [6.07, 6.45) is -6.07. The second kappa shape index (κ2) is 7.21. The Bertz CT molecular complexity index is 1040. The van der Waals surface area contributed by atoms with Crippen LogP contribution in [-0.2, 0) is 13.6 Å². The van der Waals surface area contributed by atoms with E-state index in [9.17, 15) is 22.4 Å². The van der Waals surface area contributed by atoms with Crippen molar-refractivity contribution in [2.75, 3.05) is 7.05 Å². The zero-order valence-electron chi connectivity index (χ0n) is 15.6. The smallest absolute Gasteiger partial charge is 0.280 e. The molecule has 150 valence electrons. The molecular formula is C17H18F4N6O. The number of carbonyl (C=O) groups excluding carboxylic acids is 1. The molecule has 0 atom stereocenters. The molecule has 0 N–H and O–H groups in total. The molecule has 3 aromatic heterocycles. The van der Waals surface area contributed by atoms with Crippen molar-refractivity contribution in [2.24, 2.45) is 7.05 Å². The Labute approximate surface area is 157 Å². The van der Waals surface area contributed by atoms with Gasteiger partial charge >= 0.3 is 0 Å². The molecule has 7 nitrogen and oxygen atoms in total. The lowest BCUT2D eigenvalue weighted by molar-refractivity contribution is 0.0777. The Kier molecular flexibility index (Phi) is 5.09. The van der Waals surface area contributed by atoms with E-state index in [4.69, 9.17) is 0 Å². The predicted molar refractivity (Wildman–Crippen MR) is 91.4 cm³/mol. The van der Waals surface area contributed by atoms with Gasteiger partial charge in [-0.3, -0.25) is 9.48 Å². The maximum absolute atomic E-state index is 13.2. The summed E-state index contributed by atoms with van der Waals surface area (Å²) in [5.74, 6) is -0.549. The van der Waals surface area contributed by atoms with E-state index >= 15 is 0 Å². The molecule has 3 heterocycles. The number of fused-ring (bicyclic) bond motifs is 1. The predicted octanol–water partition coefficient (Wildman–Crippen LogP) is 3.23. The molecule has 0 aromatic carbocycles. The van der Waals surface area contributed by atoms with Crippen LogP contribution in [0.1, 0.15) is 51.7 Å². The number of nitrogens with zero attached hydrogens (tertiary/aromatic N) is 6. The highest BCUT2D eigenvalue weighted by Crippen LogP contribution is 2.25. The third kappa shape index (κ3) is 3.43. The first-order valence-corrected chi connectivity index (χ1v) is 8.31. The van der Waals surface area contributed by atoms with Crippen LogP contribution in [0.3, 0.4) is 0 Å². The molecule has 0 aliphatic heterocycles. The molecule has 0 saturated carbocycles. The van der Waals surface area contributed by atoms with Crippen molar-refractivity contribution in [3.8, 4) is 0 Å². The molecule has 0 aliphatic carbocycles. The number of halogens is 4. The number of aromatic nitrogens is 5. The molecule has 0 unspecified atom stereocenters. The van der Waals surface area contributed by atoms with Crippen LogP contribution in [0, 0.1) is 13.8 Å². The zero-order valence-corrected chi connectivity index (χ0v) is 15.6. The van der Waals surface area contributed by atoms with Crippen LogP contribution < -0.4 is 0 Å². The van der Waals surface area contributed by atoms with Gasteiger partial charge in [-0.1, -0.05) is 0 Å². The topological polar surface area (TPSA) is 68.3 Å². The first-order chi connectivity index (χ1) is 13.1. The Morgan fingerprint density at radius 3 is 2.36 bits per heavy atom. The molecule has 28 heavy (non-hydrogen) atoms. The van der Waals surface area contributed by atoms with Crippen LogP contribution in [0.4, 0.5) is 17.6 Å². The minimum Gasteiger partial charge on any atom is -0.336 e. The van der Waals surface area contributed by atoms with Gasteiger partial charge in [-0.25, -0.2) is 27.1 Å². The average molecular weight is 398 g/mol. The largest absolute Gasteiger partial charge is 0.336 e. The quantitative estimate of drug-likeness (QED) is 0.619. The fourth-order valence-electron chi connectivity index (χ4n) is 2.94. The minimum atomic E-state index is -3.05. The van der Waals surface area contributed by atoms with Gasteiger partial charge in [0.05, 0.1) is 5.69 Å². The van der Waals surface area contributed by atoms with E-state index in [0.29, 0.717) is 6.07 Å². The van der Waals surface area contributed by atoms with Gasteiger partial charge in [0, 0.05) is 38.0 Å². The van der Waals surface area contributed by atoms with Crippen LogP contribution in [0.2, 0.25) is 0 Å². The van der Waals surface area contributed by atoms with Gasteiger partial charge in [-0.15, -0.1) is 0 Å². The van der Waals surface area contributed by atoms with Gasteiger partial charge in [-0.05, 0) is 19.9 Å². The zero-order chi connectivity index (χ0) is 20.7. The fraction of sp³-hybridized carbons (Fsp3) is 0.412. The van der Waals surface area contributed by atoms with E-state index in [1.54, 1.807) is 11.7 Å². The molecule has 0 spiro atoms. The van der Waals surface area contributed by atoms with Crippen LogP contribution in [0.5, 0.6) is 0 Å². The van der Waals surface area contributed by atoms with E-state index in [-0.39, 0.29) is 17.9 Å². The molecule has 1 amide bonds. The molecule has 3 aromatic rings. The van der Waals surface area contributed by atoms with Crippen LogP contribution in [0.25, 0.3) is 5.65 Å². The highest BCUT2D eigenvalue weighted by atomic mass is 19.3. The van der Waals surface area contributed by atoms with Crippen LogP contribution >= 0.6 is 0 Å². The van der Waals surface area contributed by atoms with Gasteiger partial charge in [0.15, 0.2) is 11.3 Å². The number of alkyl halides is 4. The second-order valence-electron chi connectivity index (χ2n) is 6.44. The van der Waals surface area contributed by atoms with Gasteiger partial charge in [0.1, 0.15) is 11.4 Å². The van der Waals surface area contributed by atoms with Crippen molar-refractivity contribution in [1.82, 2.24) is 29.3 Å². The second-order valence-corrected chi connectivity index (χ2v) is 6.44. The van der Waals surface area contributed by atoms with E-state index in [1.165, 1.54) is 11.9 Å². The van der Waals surface area contributed by atoms with Crippen LogP contribution in [-0.4, -0.2) is 42.2 Å².